The van der Waals surface area contributed by atoms with Crippen LogP contribution in [0.5, 0.6) is 17.2 Å². The third-order valence-corrected chi connectivity index (χ3v) is 6.11. The average Bonchev–Trinajstić information content (AvgIpc) is 2.89. The minimum atomic E-state index is -0.368. The van der Waals surface area contributed by atoms with Crippen LogP contribution in [0.1, 0.15) is 5.56 Å². The molecule has 8 heteroatoms. The Morgan fingerprint density at radius 3 is 2.20 bits per heavy atom. The van der Waals surface area contributed by atoms with Crippen molar-refractivity contribution in [2.45, 2.75) is 11.7 Å². The quantitative estimate of drug-likeness (QED) is 0.524. The third kappa shape index (κ3) is 4.59. The number of ether oxygens (including phenoxy) is 2. The molecule has 0 bridgehead atoms. The van der Waals surface area contributed by atoms with Crippen LogP contribution in [0, 0.1) is 7.14 Å². The summed E-state index contributed by atoms with van der Waals surface area (Å²) in [5.74, 6) is 2.04. The van der Waals surface area contributed by atoms with E-state index >= 15 is 0 Å². The molecule has 1 aliphatic heterocycles. The van der Waals surface area contributed by atoms with Gasteiger partial charge in [-0.05, 0) is 93.6 Å². The van der Waals surface area contributed by atoms with Crippen molar-refractivity contribution in [1.82, 2.24) is 5.32 Å². The molecule has 0 aromatic heterocycles. The molecule has 1 heterocycles. The van der Waals surface area contributed by atoms with Crippen molar-refractivity contribution >= 4 is 68.1 Å². The number of amides is 2. The van der Waals surface area contributed by atoms with Crippen molar-refractivity contribution in [3.63, 3.8) is 0 Å². The minimum Gasteiger partial charge on any atom is -0.497 e. The van der Waals surface area contributed by atoms with Gasteiger partial charge in [-0.25, -0.2) is 0 Å². The number of thioether (sulfide) groups is 1. The third-order valence-electron chi connectivity index (χ3n) is 3.53. The van der Waals surface area contributed by atoms with E-state index in [1.165, 1.54) is 0 Å². The molecule has 2 aromatic carbocycles. The van der Waals surface area contributed by atoms with E-state index in [1.54, 1.807) is 7.11 Å². The fourth-order valence-corrected chi connectivity index (χ4v) is 5.31. The highest BCUT2D eigenvalue weighted by Crippen LogP contribution is 2.34. The molecule has 130 valence electrons. The largest absolute Gasteiger partial charge is 0.497 e. The first-order valence-corrected chi connectivity index (χ1v) is 10.3. The molecule has 0 saturated carbocycles. The monoisotopic (exact) mass is 581 g/mol. The lowest BCUT2D eigenvalue weighted by atomic mass is 10.1. The molecule has 2 aromatic rings. The zero-order valence-electron chi connectivity index (χ0n) is 13.0. The summed E-state index contributed by atoms with van der Waals surface area (Å²) in [6.45, 7) is 0. The molecule has 1 saturated heterocycles. The first kappa shape index (κ1) is 18.8. The maximum absolute atomic E-state index is 11.7. The molecule has 5 nitrogen and oxygen atoms in total. The van der Waals surface area contributed by atoms with Crippen LogP contribution in [-0.2, 0) is 11.2 Å². The average molecular weight is 581 g/mol. The summed E-state index contributed by atoms with van der Waals surface area (Å²) in [5.41, 5.74) is 0.998. The van der Waals surface area contributed by atoms with Gasteiger partial charge in [0.1, 0.15) is 11.5 Å². The fourth-order valence-electron chi connectivity index (χ4n) is 2.33. The Kier molecular flexibility index (Phi) is 6.10. The highest BCUT2D eigenvalue weighted by atomic mass is 127. The summed E-state index contributed by atoms with van der Waals surface area (Å²) in [6.07, 6.45) is 0.511. The van der Waals surface area contributed by atoms with Gasteiger partial charge in [-0.3, -0.25) is 14.9 Å². The second-order valence-electron chi connectivity index (χ2n) is 5.25. The van der Waals surface area contributed by atoms with Crippen LogP contribution in [0.4, 0.5) is 4.79 Å². The Morgan fingerprint density at radius 1 is 1.08 bits per heavy atom. The normalized spacial score (nSPS) is 16.7. The SMILES string of the molecule is COc1ccc(Oc2c(I)cc(CC3SC(=O)NC3=O)cc2I)cc1. The van der Waals surface area contributed by atoms with Crippen LogP contribution in [0.2, 0.25) is 0 Å². The summed E-state index contributed by atoms with van der Waals surface area (Å²) < 4.78 is 13.0. The van der Waals surface area contributed by atoms with Crippen LogP contribution < -0.4 is 14.8 Å². The lowest BCUT2D eigenvalue weighted by molar-refractivity contribution is -0.118. The van der Waals surface area contributed by atoms with Gasteiger partial charge in [-0.2, -0.15) is 0 Å². The maximum Gasteiger partial charge on any atom is 0.286 e. The highest BCUT2D eigenvalue weighted by molar-refractivity contribution is 14.1. The van der Waals surface area contributed by atoms with Crippen molar-refractivity contribution in [1.29, 1.82) is 0 Å². The number of nitrogens with one attached hydrogen (secondary N) is 1. The van der Waals surface area contributed by atoms with E-state index in [-0.39, 0.29) is 16.4 Å². The van der Waals surface area contributed by atoms with Crippen molar-refractivity contribution in [2.24, 2.45) is 0 Å². The molecule has 0 radical (unpaired) electrons. The Bertz CT molecular complexity index is 803. The van der Waals surface area contributed by atoms with Crippen molar-refractivity contribution in [3.05, 3.63) is 49.1 Å². The number of benzene rings is 2. The summed E-state index contributed by atoms with van der Waals surface area (Å²) in [5, 5.41) is 1.67. The summed E-state index contributed by atoms with van der Waals surface area (Å²) in [4.78, 5) is 23.0. The second-order valence-corrected chi connectivity index (χ2v) is 8.75. The molecular weight excluding hydrogens is 568 g/mol. The van der Waals surface area contributed by atoms with Gasteiger partial charge < -0.3 is 9.47 Å². The van der Waals surface area contributed by atoms with E-state index < -0.39 is 0 Å². The van der Waals surface area contributed by atoms with Crippen molar-refractivity contribution < 1.29 is 19.1 Å². The molecule has 1 atom stereocenters. The number of carbonyl (C=O) groups is 2. The Balaban J connectivity index is 1.77. The van der Waals surface area contributed by atoms with Gasteiger partial charge in [0.05, 0.1) is 19.5 Å². The lowest BCUT2D eigenvalue weighted by Gasteiger charge is -2.13. The van der Waals surface area contributed by atoms with Gasteiger partial charge in [0.2, 0.25) is 5.91 Å². The predicted molar refractivity (Wildman–Crippen MR) is 114 cm³/mol. The van der Waals surface area contributed by atoms with Crippen LogP contribution >= 0.6 is 56.9 Å². The lowest BCUT2D eigenvalue weighted by Crippen LogP contribution is -2.25. The second kappa shape index (κ2) is 8.12. The molecule has 1 N–H and O–H groups in total. The van der Waals surface area contributed by atoms with Crippen molar-refractivity contribution in [3.8, 4) is 17.2 Å². The molecule has 1 unspecified atom stereocenters. The number of halogens is 2. The van der Waals surface area contributed by atoms with Gasteiger partial charge in [-0.1, -0.05) is 11.8 Å². The van der Waals surface area contributed by atoms with Crippen LogP contribution in [0.15, 0.2) is 36.4 Å². The molecule has 3 rings (SSSR count). The maximum atomic E-state index is 11.7. The van der Waals surface area contributed by atoms with E-state index in [2.05, 4.69) is 50.5 Å². The van der Waals surface area contributed by atoms with E-state index in [1.807, 2.05) is 36.4 Å². The first-order valence-electron chi connectivity index (χ1n) is 7.27. The van der Waals surface area contributed by atoms with E-state index in [0.717, 1.165) is 41.7 Å². The molecule has 1 fully saturated rings. The molecule has 0 aliphatic carbocycles. The first-order chi connectivity index (χ1) is 12.0. The number of imide groups is 1. The fraction of sp³-hybridized carbons (Fsp3) is 0.176. The molecule has 2 amide bonds. The minimum absolute atomic E-state index is 0.224. The van der Waals surface area contributed by atoms with Gasteiger partial charge in [0.25, 0.3) is 5.24 Å². The number of carbonyl (C=O) groups excluding carboxylic acids is 2. The number of hydrogen-bond donors (Lipinski definition) is 1. The van der Waals surface area contributed by atoms with Gasteiger partial charge in [0.15, 0.2) is 5.75 Å². The Hall–Kier alpha value is -1.01. The predicted octanol–water partition coefficient (Wildman–Crippen LogP) is 4.59. The number of hydrogen-bond acceptors (Lipinski definition) is 5. The zero-order chi connectivity index (χ0) is 18.0. The smallest absolute Gasteiger partial charge is 0.286 e. The summed E-state index contributed by atoms with van der Waals surface area (Å²) in [7, 11) is 1.62. The van der Waals surface area contributed by atoms with Gasteiger partial charge in [-0.15, -0.1) is 0 Å². The Morgan fingerprint density at radius 2 is 1.68 bits per heavy atom. The molecular formula is C17H13I2NO4S. The standard InChI is InChI=1S/C17H13I2NO4S/c1-23-10-2-4-11(5-3-10)24-15-12(18)6-9(7-13(15)19)8-14-16(21)20-17(22)25-14/h2-7,14H,8H2,1H3,(H,20,21,22). The van der Waals surface area contributed by atoms with Crippen LogP contribution in [0.3, 0.4) is 0 Å². The number of methoxy groups -OCH3 is 1. The molecule has 0 spiro atoms. The number of rotatable bonds is 5. The van der Waals surface area contributed by atoms with Gasteiger partial charge in [0, 0.05) is 0 Å². The van der Waals surface area contributed by atoms with Crippen LogP contribution in [-0.4, -0.2) is 23.5 Å². The van der Waals surface area contributed by atoms with E-state index in [4.69, 9.17) is 9.47 Å². The Labute approximate surface area is 176 Å². The molecule has 1 aliphatic rings. The van der Waals surface area contributed by atoms with Crippen LogP contribution in [0.25, 0.3) is 0 Å². The zero-order valence-corrected chi connectivity index (χ0v) is 18.2. The van der Waals surface area contributed by atoms with Gasteiger partial charge >= 0.3 is 0 Å². The van der Waals surface area contributed by atoms with Crippen molar-refractivity contribution in [2.75, 3.05) is 7.11 Å². The van der Waals surface area contributed by atoms with E-state index in [9.17, 15) is 9.59 Å². The molecule has 25 heavy (non-hydrogen) atoms. The van der Waals surface area contributed by atoms with E-state index in [0.29, 0.717) is 6.42 Å². The summed E-state index contributed by atoms with van der Waals surface area (Å²) in [6, 6.07) is 11.4. The summed E-state index contributed by atoms with van der Waals surface area (Å²) >= 11 is 5.48. The highest BCUT2D eigenvalue weighted by Gasteiger charge is 2.31. The topological polar surface area (TPSA) is 64.6 Å².